The molecule has 0 spiro atoms. The number of amides is 1. The summed E-state index contributed by atoms with van der Waals surface area (Å²) in [5, 5.41) is 10.8. The van der Waals surface area contributed by atoms with Crippen LogP contribution in [0.4, 0.5) is 0 Å². The molecule has 4 rings (SSSR count). The number of likely N-dealkylation sites (tertiary alicyclic amines) is 2. The van der Waals surface area contributed by atoms with E-state index in [1.165, 1.54) is 16.6 Å². The number of nitrogens with zero attached hydrogens (tertiary/aromatic N) is 3. The number of nitrogens with one attached hydrogen (secondary N) is 1. The lowest BCUT2D eigenvalue weighted by atomic mass is 9.91. The van der Waals surface area contributed by atoms with Crippen LogP contribution >= 0.6 is 0 Å². The molecule has 2 aliphatic heterocycles. The molecule has 2 aromatic heterocycles. The number of aromatic amines is 1. The van der Waals surface area contributed by atoms with Crippen LogP contribution in [0.2, 0.25) is 0 Å². The second-order valence-corrected chi connectivity index (χ2v) is 8.15. The molecular weight excluding hydrogens is 340 g/mol. The molecular formula is C21H30N4O2. The van der Waals surface area contributed by atoms with E-state index in [9.17, 15) is 9.90 Å². The van der Waals surface area contributed by atoms with Crippen molar-refractivity contribution in [2.75, 3.05) is 32.8 Å². The van der Waals surface area contributed by atoms with Crippen molar-refractivity contribution in [3.05, 3.63) is 29.6 Å². The summed E-state index contributed by atoms with van der Waals surface area (Å²) >= 11 is 0. The van der Waals surface area contributed by atoms with Gasteiger partial charge in [-0.15, -0.1) is 0 Å². The van der Waals surface area contributed by atoms with Gasteiger partial charge in [0.2, 0.25) is 5.91 Å². The summed E-state index contributed by atoms with van der Waals surface area (Å²) in [6, 6.07) is 4.15. The molecule has 2 aromatic rings. The van der Waals surface area contributed by atoms with Crippen LogP contribution in [-0.4, -0.2) is 63.6 Å². The van der Waals surface area contributed by atoms with Crippen LogP contribution in [0.3, 0.4) is 0 Å². The Bertz CT molecular complexity index is 803. The number of hydrogen-bond acceptors (Lipinski definition) is 4. The molecule has 2 aliphatic rings. The Balaban J connectivity index is 1.64. The molecule has 2 atom stereocenters. The van der Waals surface area contributed by atoms with Crippen molar-refractivity contribution in [3.8, 4) is 0 Å². The van der Waals surface area contributed by atoms with E-state index in [0.29, 0.717) is 11.8 Å². The van der Waals surface area contributed by atoms with Crippen LogP contribution in [-0.2, 0) is 11.3 Å². The Morgan fingerprint density at radius 3 is 2.96 bits per heavy atom. The summed E-state index contributed by atoms with van der Waals surface area (Å²) in [6.07, 6.45) is 6.23. The second kappa shape index (κ2) is 7.98. The minimum absolute atomic E-state index is 0.164. The van der Waals surface area contributed by atoms with Crippen LogP contribution in [0.5, 0.6) is 0 Å². The van der Waals surface area contributed by atoms with Gasteiger partial charge >= 0.3 is 0 Å². The molecule has 0 aliphatic carbocycles. The highest BCUT2D eigenvalue weighted by Gasteiger charge is 2.28. The van der Waals surface area contributed by atoms with Crippen LogP contribution < -0.4 is 0 Å². The van der Waals surface area contributed by atoms with E-state index >= 15 is 0 Å². The molecule has 0 bridgehead atoms. The summed E-state index contributed by atoms with van der Waals surface area (Å²) in [4.78, 5) is 24.5. The lowest BCUT2D eigenvalue weighted by Gasteiger charge is -2.34. The first-order valence-corrected chi connectivity index (χ1v) is 10.2. The average molecular weight is 370 g/mol. The molecule has 4 heterocycles. The number of piperidine rings is 2. The van der Waals surface area contributed by atoms with E-state index in [1.54, 1.807) is 6.92 Å². The zero-order chi connectivity index (χ0) is 18.8. The fourth-order valence-electron chi connectivity index (χ4n) is 4.78. The predicted octanol–water partition coefficient (Wildman–Crippen LogP) is 2.49. The Morgan fingerprint density at radius 2 is 2.15 bits per heavy atom. The highest BCUT2D eigenvalue weighted by atomic mass is 16.3. The van der Waals surface area contributed by atoms with Crippen molar-refractivity contribution >= 4 is 16.9 Å². The van der Waals surface area contributed by atoms with Gasteiger partial charge in [-0.05, 0) is 55.8 Å². The standard InChI is InChI=1S/C21H30N4O2/c1-15(27)25-10-4-6-17(12-25)20-19(18-7-2-8-22-21(18)23-20)13-24-9-3-5-16(11-24)14-26/h2,7-8,16-17,26H,3-6,9-14H2,1H3,(H,22,23)/t16-,17+/m0/s1. The first kappa shape index (κ1) is 18.4. The quantitative estimate of drug-likeness (QED) is 0.867. The molecule has 146 valence electrons. The van der Waals surface area contributed by atoms with E-state index in [0.717, 1.165) is 64.1 Å². The van der Waals surface area contributed by atoms with Gasteiger partial charge in [0.05, 0.1) is 0 Å². The minimum atomic E-state index is 0.164. The second-order valence-electron chi connectivity index (χ2n) is 8.15. The number of aromatic nitrogens is 2. The van der Waals surface area contributed by atoms with Crippen LogP contribution in [0.25, 0.3) is 11.0 Å². The lowest BCUT2D eigenvalue weighted by molar-refractivity contribution is -0.130. The van der Waals surface area contributed by atoms with Crippen molar-refractivity contribution in [1.82, 2.24) is 19.8 Å². The SMILES string of the molecule is CC(=O)N1CCC[C@@H](c2[nH]c3ncccc3c2CN2CCC[C@H](CO)C2)C1. The van der Waals surface area contributed by atoms with E-state index < -0.39 is 0 Å². The van der Waals surface area contributed by atoms with Crippen molar-refractivity contribution < 1.29 is 9.90 Å². The van der Waals surface area contributed by atoms with Crippen molar-refractivity contribution in [2.45, 2.75) is 45.1 Å². The number of carbonyl (C=O) groups excluding carboxylic acids is 1. The minimum Gasteiger partial charge on any atom is -0.396 e. The molecule has 0 radical (unpaired) electrons. The van der Waals surface area contributed by atoms with Gasteiger partial charge < -0.3 is 15.0 Å². The van der Waals surface area contributed by atoms with Crippen LogP contribution in [0.15, 0.2) is 18.3 Å². The molecule has 0 saturated carbocycles. The van der Waals surface area contributed by atoms with E-state index in [-0.39, 0.29) is 12.5 Å². The molecule has 1 amide bonds. The van der Waals surface area contributed by atoms with E-state index in [1.807, 2.05) is 17.2 Å². The molecule has 2 saturated heterocycles. The molecule has 6 heteroatoms. The lowest BCUT2D eigenvalue weighted by Crippen LogP contribution is -2.39. The van der Waals surface area contributed by atoms with E-state index in [2.05, 4.69) is 20.9 Å². The van der Waals surface area contributed by atoms with Gasteiger partial charge in [0.15, 0.2) is 0 Å². The normalized spacial score (nSPS) is 24.4. The maximum atomic E-state index is 11.9. The van der Waals surface area contributed by atoms with Gasteiger partial charge in [0.25, 0.3) is 0 Å². The topological polar surface area (TPSA) is 72.5 Å². The first-order valence-electron chi connectivity index (χ1n) is 10.2. The maximum Gasteiger partial charge on any atom is 0.219 e. The Kier molecular flexibility index (Phi) is 5.45. The van der Waals surface area contributed by atoms with Crippen molar-refractivity contribution in [2.24, 2.45) is 5.92 Å². The number of H-pyrrole nitrogens is 1. The summed E-state index contributed by atoms with van der Waals surface area (Å²) < 4.78 is 0. The summed E-state index contributed by atoms with van der Waals surface area (Å²) in [5.74, 6) is 0.885. The van der Waals surface area contributed by atoms with Crippen LogP contribution in [0.1, 0.15) is 49.8 Å². The summed E-state index contributed by atoms with van der Waals surface area (Å²) in [6.45, 7) is 6.50. The molecule has 6 nitrogen and oxygen atoms in total. The van der Waals surface area contributed by atoms with E-state index in [4.69, 9.17) is 0 Å². The molecule has 0 aromatic carbocycles. The van der Waals surface area contributed by atoms with Crippen molar-refractivity contribution in [3.63, 3.8) is 0 Å². The number of rotatable bonds is 4. The Morgan fingerprint density at radius 1 is 1.30 bits per heavy atom. The van der Waals surface area contributed by atoms with Gasteiger partial charge in [-0.2, -0.15) is 0 Å². The number of hydrogen-bond donors (Lipinski definition) is 2. The van der Waals surface area contributed by atoms with Gasteiger partial charge in [-0.25, -0.2) is 4.98 Å². The van der Waals surface area contributed by atoms with Gasteiger partial charge in [-0.1, -0.05) is 0 Å². The number of pyridine rings is 1. The van der Waals surface area contributed by atoms with Gasteiger partial charge in [0, 0.05) is 62.9 Å². The highest BCUT2D eigenvalue weighted by Crippen LogP contribution is 2.34. The fraction of sp³-hybridized carbons (Fsp3) is 0.619. The third-order valence-electron chi connectivity index (χ3n) is 6.23. The average Bonchev–Trinajstić information content (AvgIpc) is 3.07. The summed E-state index contributed by atoms with van der Waals surface area (Å²) in [7, 11) is 0. The largest absolute Gasteiger partial charge is 0.396 e. The smallest absolute Gasteiger partial charge is 0.219 e. The van der Waals surface area contributed by atoms with Crippen LogP contribution in [0, 0.1) is 5.92 Å². The Labute approximate surface area is 160 Å². The number of aliphatic hydroxyl groups excluding tert-OH is 1. The summed E-state index contributed by atoms with van der Waals surface area (Å²) in [5.41, 5.74) is 3.52. The monoisotopic (exact) mass is 370 g/mol. The number of aliphatic hydroxyl groups is 1. The molecule has 27 heavy (non-hydrogen) atoms. The third kappa shape index (κ3) is 3.87. The number of carbonyl (C=O) groups is 1. The van der Waals surface area contributed by atoms with Gasteiger partial charge in [-0.3, -0.25) is 9.69 Å². The maximum absolute atomic E-state index is 11.9. The zero-order valence-corrected chi connectivity index (χ0v) is 16.2. The molecule has 0 unspecified atom stereocenters. The van der Waals surface area contributed by atoms with Gasteiger partial charge in [0.1, 0.15) is 5.65 Å². The highest BCUT2D eigenvalue weighted by molar-refractivity contribution is 5.81. The molecule has 2 N–H and O–H groups in total. The first-order chi connectivity index (χ1) is 13.2. The zero-order valence-electron chi connectivity index (χ0n) is 16.2. The van der Waals surface area contributed by atoms with Crippen molar-refractivity contribution in [1.29, 1.82) is 0 Å². The number of fused-ring (bicyclic) bond motifs is 1. The third-order valence-corrected chi connectivity index (χ3v) is 6.23. The predicted molar refractivity (Wildman–Crippen MR) is 105 cm³/mol. The molecule has 2 fully saturated rings. The fourth-order valence-corrected chi connectivity index (χ4v) is 4.78. The Hall–Kier alpha value is -1.92.